The van der Waals surface area contributed by atoms with Gasteiger partial charge in [-0.15, -0.1) is 11.8 Å². The van der Waals surface area contributed by atoms with E-state index in [9.17, 15) is 18.0 Å². The highest BCUT2D eigenvalue weighted by Gasteiger charge is 2.34. The van der Waals surface area contributed by atoms with Gasteiger partial charge in [-0.1, -0.05) is 48.9 Å². The molecule has 0 bridgehead atoms. The molecule has 0 aliphatic rings. The Morgan fingerprint density at radius 2 is 1.54 bits per heavy atom. The largest absolute Gasteiger partial charge is 0.350 e. The number of aryl methyl sites for hydroxylation is 2. The average molecular weight is 596 g/mol. The molecule has 7 nitrogen and oxygen atoms in total. The third-order valence-corrected chi connectivity index (χ3v) is 9.27. The van der Waals surface area contributed by atoms with Crippen molar-refractivity contribution in [1.82, 2.24) is 10.2 Å². The lowest BCUT2D eigenvalue weighted by molar-refractivity contribution is -0.141. The quantitative estimate of drug-likeness (QED) is 0.277. The molecule has 1 atom stereocenters. The van der Waals surface area contributed by atoms with Gasteiger partial charge in [0.1, 0.15) is 12.6 Å². The van der Waals surface area contributed by atoms with E-state index in [1.54, 1.807) is 36.4 Å². The van der Waals surface area contributed by atoms with E-state index >= 15 is 0 Å². The smallest absolute Gasteiger partial charge is 0.264 e. The lowest BCUT2D eigenvalue weighted by Gasteiger charge is -2.35. The molecule has 0 unspecified atom stereocenters. The normalized spacial score (nSPS) is 12.5. The predicted molar refractivity (Wildman–Crippen MR) is 168 cm³/mol. The lowest BCUT2D eigenvalue weighted by atomic mass is 10.0. The van der Waals surface area contributed by atoms with Crippen molar-refractivity contribution in [1.29, 1.82) is 0 Å². The first kappa shape index (κ1) is 32.2. The molecular formula is C32H41N3O4S2. The molecule has 3 rings (SSSR count). The van der Waals surface area contributed by atoms with Crippen LogP contribution in [0.15, 0.2) is 82.6 Å². The first-order chi connectivity index (χ1) is 19.3. The van der Waals surface area contributed by atoms with Crippen LogP contribution < -0.4 is 9.62 Å². The SMILES string of the molecule is CC[C@H](C(=O)NC(C)(C)C)N(Cc1ccccc1C)C(=O)CN(c1ccc(C)cc1)S(=O)(=O)c1ccc(SC)cc1. The molecule has 1 N–H and O–H groups in total. The molecule has 0 aliphatic carbocycles. The van der Waals surface area contributed by atoms with Gasteiger partial charge in [0.05, 0.1) is 10.6 Å². The summed E-state index contributed by atoms with van der Waals surface area (Å²) in [5.74, 6) is -0.742. The van der Waals surface area contributed by atoms with Crippen molar-refractivity contribution in [2.45, 2.75) is 75.9 Å². The summed E-state index contributed by atoms with van der Waals surface area (Å²) in [6, 6.07) is 20.6. The molecule has 3 aromatic rings. The Hall–Kier alpha value is -3.30. The van der Waals surface area contributed by atoms with E-state index in [4.69, 9.17) is 0 Å². The molecule has 3 aromatic carbocycles. The van der Waals surface area contributed by atoms with Crippen LogP contribution in [0.25, 0.3) is 0 Å². The number of benzene rings is 3. The van der Waals surface area contributed by atoms with Gasteiger partial charge in [-0.25, -0.2) is 8.42 Å². The fraction of sp³-hybridized carbons (Fsp3) is 0.375. The number of amides is 2. The molecule has 0 fully saturated rings. The topological polar surface area (TPSA) is 86.8 Å². The first-order valence-corrected chi connectivity index (χ1v) is 16.3. The summed E-state index contributed by atoms with van der Waals surface area (Å²) in [5, 5.41) is 3.00. The molecule has 0 saturated heterocycles. The number of anilines is 1. The molecule has 0 spiro atoms. The van der Waals surface area contributed by atoms with Crippen LogP contribution in [0.1, 0.15) is 50.8 Å². The highest BCUT2D eigenvalue weighted by Crippen LogP contribution is 2.27. The van der Waals surface area contributed by atoms with Crippen molar-refractivity contribution in [3.8, 4) is 0 Å². The van der Waals surface area contributed by atoms with Crippen LogP contribution in [0, 0.1) is 13.8 Å². The van der Waals surface area contributed by atoms with Crippen molar-refractivity contribution >= 4 is 39.3 Å². The summed E-state index contributed by atoms with van der Waals surface area (Å²) in [7, 11) is -4.11. The molecule has 0 saturated carbocycles. The zero-order valence-corrected chi connectivity index (χ0v) is 26.6. The third-order valence-electron chi connectivity index (χ3n) is 6.73. The Kier molecular flexibility index (Phi) is 10.7. The number of sulfonamides is 1. The molecule has 0 radical (unpaired) electrons. The van der Waals surface area contributed by atoms with Crippen LogP contribution in [-0.2, 0) is 26.2 Å². The van der Waals surface area contributed by atoms with Crippen LogP contribution in [-0.4, -0.2) is 49.5 Å². The summed E-state index contributed by atoms with van der Waals surface area (Å²) < 4.78 is 29.2. The zero-order chi connectivity index (χ0) is 30.4. The van der Waals surface area contributed by atoms with Crippen LogP contribution in [0.5, 0.6) is 0 Å². The van der Waals surface area contributed by atoms with Crippen molar-refractivity contribution in [2.24, 2.45) is 0 Å². The Morgan fingerprint density at radius 3 is 2.07 bits per heavy atom. The van der Waals surface area contributed by atoms with Gasteiger partial charge in [-0.05, 0) is 94.8 Å². The van der Waals surface area contributed by atoms with Gasteiger partial charge in [0, 0.05) is 17.0 Å². The van der Waals surface area contributed by atoms with Crippen molar-refractivity contribution in [3.63, 3.8) is 0 Å². The number of hydrogen-bond acceptors (Lipinski definition) is 5. The molecule has 41 heavy (non-hydrogen) atoms. The Bertz CT molecular complexity index is 1450. The van der Waals surface area contributed by atoms with Gasteiger partial charge in [-0.3, -0.25) is 13.9 Å². The fourth-order valence-electron chi connectivity index (χ4n) is 4.46. The number of carbonyl (C=O) groups is 2. The van der Waals surface area contributed by atoms with Gasteiger partial charge < -0.3 is 10.2 Å². The van der Waals surface area contributed by atoms with E-state index in [1.807, 2.05) is 84.2 Å². The van der Waals surface area contributed by atoms with Gasteiger partial charge in [0.15, 0.2) is 0 Å². The van der Waals surface area contributed by atoms with Crippen molar-refractivity contribution < 1.29 is 18.0 Å². The molecular weight excluding hydrogens is 555 g/mol. The number of thioether (sulfide) groups is 1. The van der Waals surface area contributed by atoms with E-state index in [-0.39, 0.29) is 17.3 Å². The number of rotatable bonds is 11. The minimum atomic E-state index is -4.11. The second kappa shape index (κ2) is 13.6. The van der Waals surface area contributed by atoms with Gasteiger partial charge in [0.25, 0.3) is 10.0 Å². The summed E-state index contributed by atoms with van der Waals surface area (Å²) in [5.41, 5.74) is 2.71. The molecule has 0 heterocycles. The fourth-order valence-corrected chi connectivity index (χ4v) is 6.28. The zero-order valence-electron chi connectivity index (χ0n) is 25.0. The molecule has 220 valence electrons. The van der Waals surface area contributed by atoms with Gasteiger partial charge >= 0.3 is 0 Å². The summed E-state index contributed by atoms with van der Waals surface area (Å²) in [6.07, 6.45) is 2.29. The van der Waals surface area contributed by atoms with Crippen molar-refractivity contribution in [2.75, 3.05) is 17.1 Å². The monoisotopic (exact) mass is 595 g/mol. The first-order valence-electron chi connectivity index (χ1n) is 13.7. The van der Waals surface area contributed by atoms with Gasteiger partial charge in [-0.2, -0.15) is 0 Å². The predicted octanol–water partition coefficient (Wildman–Crippen LogP) is 5.94. The maximum atomic E-state index is 14.2. The molecule has 0 aliphatic heterocycles. The van der Waals surface area contributed by atoms with E-state index in [0.717, 1.165) is 25.9 Å². The minimum absolute atomic E-state index is 0.0895. The number of nitrogens with zero attached hydrogens (tertiary/aromatic N) is 2. The van der Waals surface area contributed by atoms with E-state index in [1.165, 1.54) is 16.7 Å². The molecule has 2 amide bonds. The number of nitrogens with one attached hydrogen (secondary N) is 1. The number of carbonyl (C=O) groups excluding carboxylic acids is 2. The van der Waals surface area contributed by atoms with Crippen molar-refractivity contribution in [3.05, 3.63) is 89.5 Å². The van der Waals surface area contributed by atoms with Crippen LogP contribution in [0.2, 0.25) is 0 Å². The van der Waals surface area contributed by atoms with Crippen LogP contribution in [0.4, 0.5) is 5.69 Å². The maximum absolute atomic E-state index is 14.2. The van der Waals surface area contributed by atoms with Crippen LogP contribution in [0.3, 0.4) is 0 Å². The Balaban J connectivity index is 2.08. The van der Waals surface area contributed by atoms with Gasteiger partial charge in [0.2, 0.25) is 11.8 Å². The Labute approximate surface area is 249 Å². The highest BCUT2D eigenvalue weighted by atomic mass is 32.2. The molecule has 9 heteroatoms. The maximum Gasteiger partial charge on any atom is 0.264 e. The number of hydrogen-bond donors (Lipinski definition) is 1. The lowest BCUT2D eigenvalue weighted by Crippen LogP contribution is -2.55. The van der Waals surface area contributed by atoms with E-state index in [2.05, 4.69) is 5.32 Å². The van der Waals surface area contributed by atoms with Crippen LogP contribution >= 0.6 is 11.8 Å². The average Bonchev–Trinajstić information content (AvgIpc) is 2.92. The second-order valence-electron chi connectivity index (χ2n) is 11.1. The molecule has 0 aromatic heterocycles. The summed E-state index contributed by atoms with van der Waals surface area (Å²) in [4.78, 5) is 30.2. The summed E-state index contributed by atoms with van der Waals surface area (Å²) in [6.45, 7) is 11.1. The third kappa shape index (κ3) is 8.36. The standard InChI is InChI=1S/C32H41N3O4S2/c1-8-29(31(37)33-32(4,5)6)34(21-25-12-10-9-11-24(25)3)30(36)22-35(26-15-13-23(2)14-16-26)41(38,39)28-19-17-27(40-7)18-20-28/h9-20,29H,8,21-22H2,1-7H3,(H,33,37)/t29-/m1/s1. The van der Waals surface area contributed by atoms with E-state index in [0.29, 0.717) is 12.1 Å². The highest BCUT2D eigenvalue weighted by molar-refractivity contribution is 7.98. The minimum Gasteiger partial charge on any atom is -0.350 e. The Morgan fingerprint density at radius 1 is 0.927 bits per heavy atom. The second-order valence-corrected chi connectivity index (χ2v) is 13.9. The van der Waals surface area contributed by atoms with E-state index < -0.39 is 34.1 Å². The summed E-state index contributed by atoms with van der Waals surface area (Å²) >= 11 is 1.52.